The Bertz CT molecular complexity index is 834. The van der Waals surface area contributed by atoms with Crippen molar-refractivity contribution in [3.05, 3.63) is 35.9 Å². The first kappa shape index (κ1) is 26.4. The van der Waals surface area contributed by atoms with Crippen molar-refractivity contribution in [1.29, 1.82) is 0 Å². The molecule has 0 aliphatic heterocycles. The van der Waals surface area contributed by atoms with E-state index in [9.17, 15) is 37.1 Å². The molecule has 11 nitrogen and oxygen atoms in total. The molecule has 2 atom stereocenters. The minimum Gasteiger partial charge on any atom is -0.459 e. The lowest BCUT2D eigenvalue weighted by molar-refractivity contribution is -0.200. The van der Waals surface area contributed by atoms with Gasteiger partial charge in [0.2, 0.25) is 17.7 Å². The van der Waals surface area contributed by atoms with E-state index in [1.54, 1.807) is 30.3 Å². The normalized spacial score (nSPS) is 12.8. The van der Waals surface area contributed by atoms with Gasteiger partial charge in [-0.15, -0.1) is 0 Å². The van der Waals surface area contributed by atoms with E-state index in [4.69, 9.17) is 16.2 Å². The summed E-state index contributed by atoms with van der Waals surface area (Å²) >= 11 is 0. The van der Waals surface area contributed by atoms with Crippen LogP contribution in [0.5, 0.6) is 0 Å². The van der Waals surface area contributed by atoms with E-state index in [1.165, 1.54) is 0 Å². The topological polar surface area (TPSA) is 180 Å². The van der Waals surface area contributed by atoms with Crippen molar-refractivity contribution in [2.45, 2.75) is 31.3 Å². The standard InChI is InChI=1S/C18H21F3N4O7/c19-18(20,21)17(30)32-9-12(16(29)31-8-10-4-2-1-3-5-10)25-15(28)11(6-13(23)26)24-14(27)7-22/h1-5,11-12H,6-9,22H2,(H2,23,26)(H,24,27)(H,25,28)/t11-,12-/m0/s1. The van der Waals surface area contributed by atoms with Gasteiger partial charge in [0.25, 0.3) is 0 Å². The first-order valence-electron chi connectivity index (χ1n) is 8.96. The van der Waals surface area contributed by atoms with Crippen LogP contribution >= 0.6 is 0 Å². The molecule has 6 N–H and O–H groups in total. The largest absolute Gasteiger partial charge is 0.490 e. The average Bonchev–Trinajstić information content (AvgIpc) is 2.73. The molecule has 0 spiro atoms. The van der Waals surface area contributed by atoms with Crippen molar-refractivity contribution < 1.29 is 46.6 Å². The molecule has 1 aromatic rings. The summed E-state index contributed by atoms with van der Waals surface area (Å²) in [7, 11) is 0. The first-order valence-corrected chi connectivity index (χ1v) is 8.96. The van der Waals surface area contributed by atoms with E-state index in [1.807, 2.05) is 5.32 Å². The van der Waals surface area contributed by atoms with E-state index in [2.05, 4.69) is 10.1 Å². The Hall–Kier alpha value is -3.68. The molecule has 0 aromatic heterocycles. The van der Waals surface area contributed by atoms with E-state index in [-0.39, 0.29) is 6.61 Å². The molecule has 0 unspecified atom stereocenters. The van der Waals surface area contributed by atoms with Gasteiger partial charge in [-0.1, -0.05) is 30.3 Å². The fourth-order valence-electron chi connectivity index (χ4n) is 2.17. The van der Waals surface area contributed by atoms with E-state index in [0.29, 0.717) is 5.56 Å². The number of nitrogens with one attached hydrogen (secondary N) is 2. The Morgan fingerprint density at radius 2 is 1.59 bits per heavy atom. The van der Waals surface area contributed by atoms with Crippen molar-refractivity contribution in [1.82, 2.24) is 10.6 Å². The highest BCUT2D eigenvalue weighted by atomic mass is 19.4. The van der Waals surface area contributed by atoms with Gasteiger partial charge in [0.15, 0.2) is 6.04 Å². The number of alkyl halides is 3. The zero-order chi connectivity index (χ0) is 24.3. The minimum atomic E-state index is -5.34. The zero-order valence-electron chi connectivity index (χ0n) is 16.5. The predicted molar refractivity (Wildman–Crippen MR) is 100.0 cm³/mol. The predicted octanol–water partition coefficient (Wildman–Crippen LogP) is -1.36. The van der Waals surface area contributed by atoms with Crippen molar-refractivity contribution in [3.63, 3.8) is 0 Å². The molecule has 176 valence electrons. The number of amides is 3. The van der Waals surface area contributed by atoms with Crippen molar-refractivity contribution in [3.8, 4) is 0 Å². The summed E-state index contributed by atoms with van der Waals surface area (Å²) in [4.78, 5) is 58.3. The van der Waals surface area contributed by atoms with E-state index >= 15 is 0 Å². The SMILES string of the molecule is NCC(=O)N[C@@H](CC(N)=O)C(=O)N[C@@H](COC(=O)C(F)(F)F)C(=O)OCc1ccccc1. The van der Waals surface area contributed by atoms with Crippen LogP contribution in [0.3, 0.4) is 0 Å². The van der Waals surface area contributed by atoms with Gasteiger partial charge in [0.05, 0.1) is 13.0 Å². The number of benzene rings is 1. The Balaban J connectivity index is 2.94. The Labute approximate surface area is 179 Å². The molecule has 0 heterocycles. The van der Waals surface area contributed by atoms with Crippen LogP contribution in [0.25, 0.3) is 0 Å². The number of hydrogen-bond donors (Lipinski definition) is 4. The smallest absolute Gasteiger partial charge is 0.459 e. The number of esters is 2. The molecule has 14 heteroatoms. The zero-order valence-corrected chi connectivity index (χ0v) is 16.5. The third-order valence-electron chi connectivity index (χ3n) is 3.68. The van der Waals surface area contributed by atoms with Crippen LogP contribution in [-0.2, 0) is 40.1 Å². The van der Waals surface area contributed by atoms with Gasteiger partial charge in [0, 0.05) is 0 Å². The number of primary amides is 1. The molecule has 0 saturated heterocycles. The van der Waals surface area contributed by atoms with Crippen LogP contribution in [0.4, 0.5) is 13.2 Å². The van der Waals surface area contributed by atoms with Gasteiger partial charge in [-0.25, -0.2) is 9.59 Å². The third kappa shape index (κ3) is 9.42. The number of hydrogen-bond acceptors (Lipinski definition) is 8. The maximum Gasteiger partial charge on any atom is 0.490 e. The van der Waals surface area contributed by atoms with Crippen molar-refractivity contribution >= 4 is 29.7 Å². The fourth-order valence-corrected chi connectivity index (χ4v) is 2.17. The number of halogens is 3. The van der Waals surface area contributed by atoms with Crippen LogP contribution < -0.4 is 22.1 Å². The molecular weight excluding hydrogens is 441 g/mol. The second kappa shape index (κ2) is 12.2. The lowest BCUT2D eigenvalue weighted by atomic mass is 10.1. The molecule has 0 bridgehead atoms. The van der Waals surface area contributed by atoms with Crippen molar-refractivity contribution in [2.75, 3.05) is 13.2 Å². The Morgan fingerprint density at radius 3 is 2.12 bits per heavy atom. The lowest BCUT2D eigenvalue weighted by Crippen LogP contribution is -2.55. The number of ether oxygens (including phenoxy) is 2. The summed E-state index contributed by atoms with van der Waals surface area (Å²) in [5.41, 5.74) is 10.7. The highest BCUT2D eigenvalue weighted by molar-refractivity contribution is 5.94. The summed E-state index contributed by atoms with van der Waals surface area (Å²) in [6.07, 6.45) is -6.04. The molecule has 1 aromatic carbocycles. The van der Waals surface area contributed by atoms with Gasteiger partial charge in [0.1, 0.15) is 19.3 Å². The number of carbonyl (C=O) groups excluding carboxylic acids is 5. The summed E-state index contributed by atoms with van der Waals surface area (Å²) in [6, 6.07) is 4.68. The molecule has 0 aliphatic rings. The number of rotatable bonds is 11. The molecule has 0 radical (unpaired) electrons. The lowest BCUT2D eigenvalue weighted by Gasteiger charge is -2.22. The molecular formula is C18H21F3N4O7. The minimum absolute atomic E-state index is 0.298. The summed E-state index contributed by atoms with van der Waals surface area (Å²) in [5, 5.41) is 4.05. The average molecular weight is 462 g/mol. The highest BCUT2D eigenvalue weighted by Crippen LogP contribution is 2.16. The van der Waals surface area contributed by atoms with Gasteiger partial charge in [-0.3, -0.25) is 14.4 Å². The van der Waals surface area contributed by atoms with Crippen LogP contribution in [0.15, 0.2) is 30.3 Å². The second-order valence-electron chi connectivity index (χ2n) is 6.25. The maximum atomic E-state index is 12.4. The summed E-state index contributed by atoms with van der Waals surface area (Å²) in [6.45, 7) is -2.08. The van der Waals surface area contributed by atoms with Crippen molar-refractivity contribution in [2.24, 2.45) is 11.5 Å². The second-order valence-corrected chi connectivity index (χ2v) is 6.25. The first-order chi connectivity index (χ1) is 14.9. The van der Waals surface area contributed by atoms with Crippen LogP contribution in [0.2, 0.25) is 0 Å². The van der Waals surface area contributed by atoms with Crippen LogP contribution in [0, 0.1) is 0 Å². The summed E-state index contributed by atoms with van der Waals surface area (Å²) in [5.74, 6) is -6.86. The molecule has 32 heavy (non-hydrogen) atoms. The maximum absolute atomic E-state index is 12.4. The fraction of sp³-hybridized carbons (Fsp3) is 0.389. The molecule has 0 aliphatic carbocycles. The quantitative estimate of drug-likeness (QED) is 0.291. The molecule has 3 amide bonds. The molecule has 1 rings (SSSR count). The third-order valence-corrected chi connectivity index (χ3v) is 3.68. The monoisotopic (exact) mass is 462 g/mol. The highest BCUT2D eigenvalue weighted by Gasteiger charge is 2.42. The van der Waals surface area contributed by atoms with Crippen LogP contribution in [0.1, 0.15) is 12.0 Å². The van der Waals surface area contributed by atoms with Gasteiger partial charge in [-0.05, 0) is 5.56 Å². The number of nitrogens with two attached hydrogens (primary N) is 2. The molecule has 0 saturated carbocycles. The van der Waals surface area contributed by atoms with Gasteiger partial charge < -0.3 is 31.6 Å². The van der Waals surface area contributed by atoms with E-state index in [0.717, 1.165) is 0 Å². The van der Waals surface area contributed by atoms with Gasteiger partial charge >= 0.3 is 18.1 Å². The van der Waals surface area contributed by atoms with Crippen LogP contribution in [-0.4, -0.2) is 61.1 Å². The molecule has 0 fully saturated rings. The Kier molecular flexibility index (Phi) is 10.1. The Morgan fingerprint density at radius 1 is 0.969 bits per heavy atom. The van der Waals surface area contributed by atoms with E-state index < -0.39 is 67.5 Å². The number of carbonyl (C=O) groups is 5. The summed E-state index contributed by atoms with van der Waals surface area (Å²) < 4.78 is 46.2. The van der Waals surface area contributed by atoms with Gasteiger partial charge in [-0.2, -0.15) is 13.2 Å².